The molecule has 2 aromatic rings. The average Bonchev–Trinajstić information content (AvgIpc) is 3.09. The maximum Gasteiger partial charge on any atom is 0.255 e. The third-order valence-corrected chi connectivity index (χ3v) is 5.56. The van der Waals surface area contributed by atoms with Crippen molar-refractivity contribution in [3.05, 3.63) is 53.1 Å². The van der Waals surface area contributed by atoms with E-state index in [1.807, 2.05) is 50.2 Å². The van der Waals surface area contributed by atoms with Crippen LogP contribution in [0.5, 0.6) is 17.2 Å². The first-order chi connectivity index (χ1) is 14.9. The minimum atomic E-state index is -0.535. The molecule has 0 aromatic heterocycles. The van der Waals surface area contributed by atoms with Gasteiger partial charge in [0.05, 0.1) is 21.3 Å². The Kier molecular flexibility index (Phi) is 7.05. The summed E-state index contributed by atoms with van der Waals surface area (Å²) >= 11 is 0. The largest absolute Gasteiger partial charge is 0.493 e. The zero-order valence-corrected chi connectivity index (χ0v) is 18.7. The summed E-state index contributed by atoms with van der Waals surface area (Å²) in [6.45, 7) is 4.77. The zero-order chi connectivity index (χ0) is 22.5. The standard InChI is InChI=1S/C24H30N2O5/c1-15(2)20(26-14-17-8-6-7-9-18(17)24(26)28)23(27)25-13-12-16-10-11-19(29-3)22(31-5)21(16)30-4/h6-11,15,20H,12-14H2,1-5H3,(H,25,27). The van der Waals surface area contributed by atoms with E-state index in [1.165, 1.54) is 0 Å². The van der Waals surface area contributed by atoms with Crippen molar-refractivity contribution in [2.24, 2.45) is 5.92 Å². The van der Waals surface area contributed by atoms with Gasteiger partial charge in [-0.2, -0.15) is 0 Å². The number of carbonyl (C=O) groups is 2. The molecule has 31 heavy (non-hydrogen) atoms. The summed E-state index contributed by atoms with van der Waals surface area (Å²) in [7, 11) is 4.70. The molecule has 7 nitrogen and oxygen atoms in total. The van der Waals surface area contributed by atoms with Crippen molar-refractivity contribution in [2.75, 3.05) is 27.9 Å². The minimum absolute atomic E-state index is 0.0196. The molecule has 0 fully saturated rings. The lowest BCUT2D eigenvalue weighted by molar-refractivity contribution is -0.127. The molecule has 0 spiro atoms. The van der Waals surface area contributed by atoms with Gasteiger partial charge in [-0.1, -0.05) is 38.1 Å². The molecule has 1 N–H and O–H groups in total. The van der Waals surface area contributed by atoms with E-state index in [9.17, 15) is 9.59 Å². The number of carbonyl (C=O) groups excluding carboxylic acids is 2. The van der Waals surface area contributed by atoms with Crippen LogP contribution in [0.25, 0.3) is 0 Å². The number of amides is 2. The van der Waals surface area contributed by atoms with E-state index in [0.717, 1.165) is 11.1 Å². The monoisotopic (exact) mass is 426 g/mol. The summed E-state index contributed by atoms with van der Waals surface area (Å²) in [4.78, 5) is 27.6. The van der Waals surface area contributed by atoms with Crippen LogP contribution in [-0.2, 0) is 17.8 Å². The molecule has 1 unspecified atom stereocenters. The highest BCUT2D eigenvalue weighted by molar-refractivity contribution is 6.01. The second-order valence-corrected chi connectivity index (χ2v) is 7.81. The molecule has 0 aliphatic carbocycles. The summed E-state index contributed by atoms with van der Waals surface area (Å²) in [6, 6.07) is 10.7. The van der Waals surface area contributed by atoms with Crippen LogP contribution >= 0.6 is 0 Å². The van der Waals surface area contributed by atoms with Gasteiger partial charge in [0, 0.05) is 24.2 Å². The van der Waals surface area contributed by atoms with Gasteiger partial charge < -0.3 is 24.4 Å². The highest BCUT2D eigenvalue weighted by atomic mass is 16.5. The van der Waals surface area contributed by atoms with E-state index in [0.29, 0.717) is 42.3 Å². The number of fused-ring (bicyclic) bond motifs is 1. The summed E-state index contributed by atoms with van der Waals surface area (Å²) in [5.74, 6) is 1.42. The normalized spacial score (nSPS) is 13.7. The van der Waals surface area contributed by atoms with Gasteiger partial charge in [-0.05, 0) is 30.0 Å². The Morgan fingerprint density at radius 2 is 1.74 bits per heavy atom. The lowest BCUT2D eigenvalue weighted by atomic mass is 10.0. The van der Waals surface area contributed by atoms with E-state index >= 15 is 0 Å². The second kappa shape index (κ2) is 9.73. The molecule has 1 aliphatic heterocycles. The Morgan fingerprint density at radius 3 is 2.35 bits per heavy atom. The van der Waals surface area contributed by atoms with Gasteiger partial charge in [-0.3, -0.25) is 9.59 Å². The fraction of sp³-hybridized carbons (Fsp3) is 0.417. The van der Waals surface area contributed by atoms with E-state index in [2.05, 4.69) is 5.32 Å². The first kappa shape index (κ1) is 22.5. The van der Waals surface area contributed by atoms with Crippen LogP contribution in [0.2, 0.25) is 0 Å². The summed E-state index contributed by atoms with van der Waals surface area (Å²) in [5, 5.41) is 2.99. The Bertz CT molecular complexity index is 957. The van der Waals surface area contributed by atoms with Gasteiger partial charge in [0.15, 0.2) is 11.5 Å². The highest BCUT2D eigenvalue weighted by Crippen LogP contribution is 2.39. The molecule has 1 heterocycles. The lowest BCUT2D eigenvalue weighted by Gasteiger charge is -2.30. The van der Waals surface area contributed by atoms with Gasteiger partial charge in [-0.25, -0.2) is 0 Å². The first-order valence-electron chi connectivity index (χ1n) is 10.4. The van der Waals surface area contributed by atoms with Crippen molar-refractivity contribution in [1.29, 1.82) is 0 Å². The molecular formula is C24H30N2O5. The number of benzene rings is 2. The summed E-state index contributed by atoms with van der Waals surface area (Å²) in [5.41, 5.74) is 2.53. The first-order valence-corrected chi connectivity index (χ1v) is 10.4. The van der Waals surface area contributed by atoms with Crippen molar-refractivity contribution >= 4 is 11.8 Å². The van der Waals surface area contributed by atoms with E-state index in [-0.39, 0.29) is 17.7 Å². The van der Waals surface area contributed by atoms with Crippen molar-refractivity contribution in [2.45, 2.75) is 32.9 Å². The molecule has 0 bridgehead atoms. The molecule has 1 aliphatic rings. The Hall–Kier alpha value is -3.22. The number of rotatable bonds is 9. The third-order valence-electron chi connectivity index (χ3n) is 5.56. The molecule has 3 rings (SSSR count). The summed E-state index contributed by atoms with van der Waals surface area (Å²) in [6.07, 6.45) is 0.550. The maximum absolute atomic E-state index is 13.1. The van der Waals surface area contributed by atoms with Crippen molar-refractivity contribution in [3.8, 4) is 17.2 Å². The molecule has 7 heteroatoms. The quantitative estimate of drug-likeness (QED) is 0.667. The fourth-order valence-electron chi connectivity index (χ4n) is 4.09. The van der Waals surface area contributed by atoms with Gasteiger partial charge in [0.2, 0.25) is 11.7 Å². The van der Waals surface area contributed by atoms with Crippen LogP contribution in [-0.4, -0.2) is 50.6 Å². The average molecular weight is 427 g/mol. The molecule has 1 atom stereocenters. The van der Waals surface area contributed by atoms with Crippen LogP contribution < -0.4 is 19.5 Å². The predicted molar refractivity (Wildman–Crippen MR) is 118 cm³/mol. The van der Waals surface area contributed by atoms with Crippen molar-refractivity contribution < 1.29 is 23.8 Å². The molecule has 0 saturated heterocycles. The number of hydrogen-bond donors (Lipinski definition) is 1. The second-order valence-electron chi connectivity index (χ2n) is 7.81. The molecule has 0 saturated carbocycles. The number of hydrogen-bond acceptors (Lipinski definition) is 5. The topological polar surface area (TPSA) is 77.1 Å². The van der Waals surface area contributed by atoms with Crippen LogP contribution in [0.4, 0.5) is 0 Å². The fourth-order valence-corrected chi connectivity index (χ4v) is 4.09. The molecular weight excluding hydrogens is 396 g/mol. The van der Waals surface area contributed by atoms with Crippen molar-refractivity contribution in [3.63, 3.8) is 0 Å². The Morgan fingerprint density at radius 1 is 1.03 bits per heavy atom. The van der Waals surface area contributed by atoms with Crippen LogP contribution in [0, 0.1) is 5.92 Å². The van der Waals surface area contributed by atoms with Crippen LogP contribution in [0.15, 0.2) is 36.4 Å². The van der Waals surface area contributed by atoms with E-state index < -0.39 is 6.04 Å². The lowest BCUT2D eigenvalue weighted by Crippen LogP contribution is -2.50. The van der Waals surface area contributed by atoms with Crippen LogP contribution in [0.3, 0.4) is 0 Å². The van der Waals surface area contributed by atoms with Gasteiger partial charge in [0.1, 0.15) is 6.04 Å². The predicted octanol–water partition coefficient (Wildman–Crippen LogP) is 3.05. The molecule has 2 aromatic carbocycles. The van der Waals surface area contributed by atoms with E-state index in [4.69, 9.17) is 14.2 Å². The van der Waals surface area contributed by atoms with E-state index in [1.54, 1.807) is 26.2 Å². The SMILES string of the molecule is COc1ccc(CCNC(=O)C(C(C)C)N2Cc3ccccc3C2=O)c(OC)c1OC. The molecule has 0 radical (unpaired) electrons. The highest BCUT2D eigenvalue weighted by Gasteiger charge is 2.37. The van der Waals surface area contributed by atoms with Crippen molar-refractivity contribution in [1.82, 2.24) is 10.2 Å². The maximum atomic E-state index is 13.1. The molecule has 2 amide bonds. The number of nitrogens with one attached hydrogen (secondary N) is 1. The van der Waals surface area contributed by atoms with Crippen LogP contribution in [0.1, 0.15) is 35.3 Å². The zero-order valence-electron chi connectivity index (χ0n) is 18.7. The Balaban J connectivity index is 1.69. The van der Waals surface area contributed by atoms with Gasteiger partial charge in [0.25, 0.3) is 5.91 Å². The number of methoxy groups -OCH3 is 3. The van der Waals surface area contributed by atoms with Gasteiger partial charge in [-0.15, -0.1) is 0 Å². The summed E-state index contributed by atoms with van der Waals surface area (Å²) < 4.78 is 16.3. The number of nitrogens with zero attached hydrogens (tertiary/aromatic N) is 1. The molecule has 166 valence electrons. The third kappa shape index (κ3) is 4.45. The van der Waals surface area contributed by atoms with Gasteiger partial charge >= 0.3 is 0 Å². The number of ether oxygens (including phenoxy) is 3. The Labute approximate surface area is 183 Å². The minimum Gasteiger partial charge on any atom is -0.493 e. The smallest absolute Gasteiger partial charge is 0.255 e.